The predicted octanol–water partition coefficient (Wildman–Crippen LogP) is 12.7. The number of rotatable bonds is 35. The fraction of sp³-hybridized carbons (Fsp3) is 0.667. The quantitative estimate of drug-likeness (QED) is 0.0214. The van der Waals surface area contributed by atoms with Crippen LogP contribution < -0.4 is 0 Å². The van der Waals surface area contributed by atoms with Crippen molar-refractivity contribution in [3.8, 4) is 0 Å². The molecule has 290 valence electrons. The van der Waals surface area contributed by atoms with Crippen molar-refractivity contribution in [3.63, 3.8) is 0 Å². The highest BCUT2D eigenvalue weighted by atomic mass is 16.6. The molecule has 0 aliphatic heterocycles. The highest BCUT2D eigenvalue weighted by Gasteiger charge is 2.19. The summed E-state index contributed by atoms with van der Waals surface area (Å²) >= 11 is 0. The van der Waals surface area contributed by atoms with Crippen molar-refractivity contribution in [3.05, 3.63) is 72.9 Å². The highest BCUT2D eigenvalue weighted by Crippen LogP contribution is 2.12. The van der Waals surface area contributed by atoms with E-state index in [1.807, 2.05) is 24.3 Å². The van der Waals surface area contributed by atoms with E-state index in [2.05, 4.69) is 69.4 Å². The van der Waals surface area contributed by atoms with Crippen LogP contribution in [0.25, 0.3) is 0 Å². The largest absolute Gasteiger partial charge is 0.462 e. The van der Waals surface area contributed by atoms with Crippen molar-refractivity contribution < 1.29 is 28.6 Å². The minimum Gasteiger partial charge on any atom is -0.462 e. The molecule has 51 heavy (non-hydrogen) atoms. The summed E-state index contributed by atoms with van der Waals surface area (Å²) in [6, 6.07) is 0. The van der Waals surface area contributed by atoms with Crippen LogP contribution in [0, 0.1) is 0 Å². The normalized spacial score (nSPS) is 12.8. The molecule has 0 heterocycles. The lowest BCUT2D eigenvalue weighted by molar-refractivity contribution is -0.167. The van der Waals surface area contributed by atoms with Crippen molar-refractivity contribution in [1.82, 2.24) is 0 Å². The standard InChI is InChI=1S/C45H74O6/c1-4-7-10-13-16-19-20-21-22-23-24-27-29-32-35-38-44(47)50-41-42(51-45(48)39-36-33-30-26-18-15-12-9-6-3)40-49-43(46)37-34-31-28-25-17-14-11-8-5-2/h7,9-10,12-13,16,18-22,26,42H,4-6,8,11,14-15,17,23-25,27-41H2,1-3H3/b10-7-,12-9-,16-13-,20-19-,22-21-,26-18-. The van der Waals surface area contributed by atoms with Crippen LogP contribution in [-0.4, -0.2) is 37.2 Å². The molecule has 0 aliphatic rings. The average molecular weight is 711 g/mol. The fourth-order valence-corrected chi connectivity index (χ4v) is 5.25. The zero-order chi connectivity index (χ0) is 37.3. The molecule has 0 rings (SSSR count). The first kappa shape index (κ1) is 47.8. The molecular weight excluding hydrogens is 636 g/mol. The molecule has 0 aromatic carbocycles. The van der Waals surface area contributed by atoms with Gasteiger partial charge in [-0.15, -0.1) is 0 Å². The van der Waals surface area contributed by atoms with Gasteiger partial charge in [0.25, 0.3) is 0 Å². The molecule has 0 saturated heterocycles. The summed E-state index contributed by atoms with van der Waals surface area (Å²) in [7, 11) is 0. The Labute approximate surface area is 312 Å². The molecule has 1 atom stereocenters. The first-order valence-electron chi connectivity index (χ1n) is 20.5. The topological polar surface area (TPSA) is 78.9 Å². The maximum absolute atomic E-state index is 12.6. The second-order valence-corrected chi connectivity index (χ2v) is 13.2. The molecule has 0 spiro atoms. The van der Waals surface area contributed by atoms with Gasteiger partial charge in [-0.3, -0.25) is 14.4 Å². The Morgan fingerprint density at radius 2 is 0.863 bits per heavy atom. The number of hydrogen-bond acceptors (Lipinski definition) is 6. The van der Waals surface area contributed by atoms with E-state index in [4.69, 9.17) is 14.2 Å². The van der Waals surface area contributed by atoms with Crippen LogP contribution in [0.15, 0.2) is 72.9 Å². The molecule has 6 nitrogen and oxygen atoms in total. The molecule has 0 aromatic heterocycles. The zero-order valence-electron chi connectivity index (χ0n) is 32.8. The minimum absolute atomic E-state index is 0.0967. The number of ether oxygens (including phenoxy) is 3. The smallest absolute Gasteiger partial charge is 0.306 e. The number of carbonyl (C=O) groups is 3. The third-order valence-corrected chi connectivity index (χ3v) is 8.30. The first-order chi connectivity index (χ1) is 25.0. The average Bonchev–Trinajstić information content (AvgIpc) is 3.12. The minimum atomic E-state index is -0.796. The van der Waals surface area contributed by atoms with Crippen molar-refractivity contribution in [1.29, 1.82) is 0 Å². The summed E-state index contributed by atoms with van der Waals surface area (Å²) in [5.41, 5.74) is 0. The Morgan fingerprint density at radius 1 is 0.431 bits per heavy atom. The Bertz CT molecular complexity index is 1000. The molecule has 1 unspecified atom stereocenters. The van der Waals surface area contributed by atoms with Gasteiger partial charge in [0.1, 0.15) is 13.2 Å². The van der Waals surface area contributed by atoms with E-state index in [1.54, 1.807) is 0 Å². The lowest BCUT2D eigenvalue weighted by Crippen LogP contribution is -2.30. The molecule has 0 aliphatic carbocycles. The maximum atomic E-state index is 12.6. The lowest BCUT2D eigenvalue weighted by atomic mass is 10.1. The molecule has 0 saturated carbocycles. The van der Waals surface area contributed by atoms with E-state index in [0.29, 0.717) is 19.3 Å². The van der Waals surface area contributed by atoms with Crippen LogP contribution in [0.1, 0.15) is 175 Å². The van der Waals surface area contributed by atoms with Gasteiger partial charge < -0.3 is 14.2 Å². The molecule has 0 aromatic rings. The fourth-order valence-electron chi connectivity index (χ4n) is 5.25. The van der Waals surface area contributed by atoms with Crippen molar-refractivity contribution >= 4 is 17.9 Å². The number of allylic oxidation sites excluding steroid dienone is 12. The van der Waals surface area contributed by atoms with E-state index < -0.39 is 6.10 Å². The van der Waals surface area contributed by atoms with Crippen LogP contribution in [-0.2, 0) is 28.6 Å². The summed E-state index contributed by atoms with van der Waals surface area (Å²) in [5.74, 6) is -0.972. The van der Waals surface area contributed by atoms with Gasteiger partial charge in [-0.2, -0.15) is 0 Å². The summed E-state index contributed by atoms with van der Waals surface area (Å²) in [5, 5.41) is 0. The van der Waals surface area contributed by atoms with Crippen LogP contribution >= 0.6 is 0 Å². The summed E-state index contributed by atoms with van der Waals surface area (Å²) < 4.78 is 16.5. The Hall–Kier alpha value is -3.15. The van der Waals surface area contributed by atoms with Gasteiger partial charge in [-0.1, -0.05) is 164 Å². The molecular formula is C45H74O6. The predicted molar refractivity (Wildman–Crippen MR) is 214 cm³/mol. The van der Waals surface area contributed by atoms with Crippen molar-refractivity contribution in [2.75, 3.05) is 13.2 Å². The number of unbranched alkanes of at least 4 members (excludes halogenated alkanes) is 15. The monoisotopic (exact) mass is 711 g/mol. The van der Waals surface area contributed by atoms with Gasteiger partial charge in [0.05, 0.1) is 0 Å². The molecule has 6 heteroatoms. The Balaban J connectivity index is 4.43. The van der Waals surface area contributed by atoms with Crippen LogP contribution in [0.4, 0.5) is 0 Å². The SMILES string of the molecule is CC\C=C/C=C\C=C/C=C\CCCCCCCC(=O)OCC(COC(=O)CCCCCCCCCCC)OC(=O)CCCC/C=C\C/C=C\CC. The van der Waals surface area contributed by atoms with Gasteiger partial charge in [-0.05, 0) is 64.2 Å². The molecule has 0 amide bonds. The third kappa shape index (κ3) is 37.9. The van der Waals surface area contributed by atoms with Crippen molar-refractivity contribution in [2.45, 2.75) is 181 Å². The van der Waals surface area contributed by atoms with Gasteiger partial charge in [0.2, 0.25) is 0 Å². The molecule has 0 bridgehead atoms. The maximum Gasteiger partial charge on any atom is 0.306 e. The molecule has 0 N–H and O–H groups in total. The molecule has 0 radical (unpaired) electrons. The first-order valence-corrected chi connectivity index (χ1v) is 20.5. The van der Waals surface area contributed by atoms with Crippen LogP contribution in [0.3, 0.4) is 0 Å². The van der Waals surface area contributed by atoms with Crippen LogP contribution in [0.5, 0.6) is 0 Å². The van der Waals surface area contributed by atoms with E-state index in [0.717, 1.165) is 89.9 Å². The third-order valence-electron chi connectivity index (χ3n) is 8.30. The van der Waals surface area contributed by atoms with Gasteiger partial charge >= 0.3 is 17.9 Å². The van der Waals surface area contributed by atoms with E-state index in [9.17, 15) is 14.4 Å². The van der Waals surface area contributed by atoms with Crippen molar-refractivity contribution in [2.24, 2.45) is 0 Å². The second-order valence-electron chi connectivity index (χ2n) is 13.2. The van der Waals surface area contributed by atoms with Crippen LogP contribution in [0.2, 0.25) is 0 Å². The summed E-state index contributed by atoms with van der Waals surface area (Å²) in [6.45, 7) is 6.27. The van der Waals surface area contributed by atoms with E-state index in [1.165, 1.54) is 38.5 Å². The van der Waals surface area contributed by atoms with E-state index in [-0.39, 0.29) is 37.5 Å². The second kappa shape index (κ2) is 39.6. The zero-order valence-corrected chi connectivity index (χ0v) is 32.8. The number of carbonyl (C=O) groups excluding carboxylic acids is 3. The highest BCUT2D eigenvalue weighted by molar-refractivity contribution is 5.71. The van der Waals surface area contributed by atoms with Gasteiger partial charge in [-0.25, -0.2) is 0 Å². The Kier molecular flexibility index (Phi) is 37.2. The van der Waals surface area contributed by atoms with Gasteiger partial charge in [0.15, 0.2) is 6.10 Å². The summed E-state index contributed by atoms with van der Waals surface area (Å²) in [6.07, 6.45) is 47.5. The number of hydrogen-bond donors (Lipinski definition) is 0. The summed E-state index contributed by atoms with van der Waals surface area (Å²) in [4.78, 5) is 37.5. The van der Waals surface area contributed by atoms with Gasteiger partial charge in [0, 0.05) is 19.3 Å². The Morgan fingerprint density at radius 3 is 1.45 bits per heavy atom. The molecule has 0 fully saturated rings. The van der Waals surface area contributed by atoms with E-state index >= 15 is 0 Å². The lowest BCUT2D eigenvalue weighted by Gasteiger charge is -2.18. The number of esters is 3.